The quantitative estimate of drug-likeness (QED) is 0.192. The molecule has 6 rings (SSSR count). The van der Waals surface area contributed by atoms with Crippen molar-refractivity contribution in [3.8, 4) is 23.0 Å². The Morgan fingerprint density at radius 2 is 1.57 bits per heavy atom. The van der Waals surface area contributed by atoms with Gasteiger partial charge in [0.2, 0.25) is 5.91 Å². The van der Waals surface area contributed by atoms with Crippen LogP contribution in [-0.2, 0) is 22.4 Å². The number of carbonyl (C=O) groups excluding carboxylic acids is 3. The lowest BCUT2D eigenvalue weighted by Crippen LogP contribution is -2.50. The number of likely N-dealkylation sites (N-methyl/N-ethyl adjacent to an activating group) is 1. The largest absolute Gasteiger partial charge is 0.493 e. The fraction of sp³-hybridized carbons (Fsp3) is 0.256. The third-order valence-electron chi connectivity index (χ3n) is 8.85. The van der Waals surface area contributed by atoms with Gasteiger partial charge in [0.05, 0.1) is 38.1 Å². The molecule has 2 atom stereocenters. The Balaban J connectivity index is 1.26. The van der Waals surface area contributed by atoms with Crippen molar-refractivity contribution < 1.29 is 28.6 Å². The van der Waals surface area contributed by atoms with Crippen molar-refractivity contribution in [3.05, 3.63) is 131 Å². The highest BCUT2D eigenvalue weighted by molar-refractivity contribution is 6.03. The predicted octanol–water partition coefficient (Wildman–Crippen LogP) is 5.65. The lowest BCUT2D eigenvalue weighted by Gasteiger charge is -2.33. The molecule has 0 spiro atoms. The molecular formula is C39H40N4O6. The Kier molecular flexibility index (Phi) is 10.1. The van der Waals surface area contributed by atoms with Crippen LogP contribution in [0.4, 0.5) is 4.79 Å². The second-order valence-electron chi connectivity index (χ2n) is 11.8. The first kappa shape index (κ1) is 33.1. The van der Waals surface area contributed by atoms with Crippen LogP contribution in [-0.4, -0.2) is 67.5 Å². The van der Waals surface area contributed by atoms with Crippen LogP contribution in [0.1, 0.15) is 29.7 Å². The van der Waals surface area contributed by atoms with E-state index >= 15 is 0 Å². The van der Waals surface area contributed by atoms with E-state index in [9.17, 15) is 14.4 Å². The molecule has 252 valence electrons. The number of nitrogens with zero attached hydrogens (tertiary/aromatic N) is 2. The molecule has 0 aromatic heterocycles. The number of benzene rings is 4. The Morgan fingerprint density at radius 1 is 0.857 bits per heavy atom. The van der Waals surface area contributed by atoms with Crippen LogP contribution in [0.5, 0.6) is 23.0 Å². The Bertz CT molecular complexity index is 1840. The second-order valence-corrected chi connectivity index (χ2v) is 11.8. The SMILES string of the molecule is CCN1C(=O)NC(c2cccc(Oc3ccccc3)c2)C2=C1CN(C(Cc1ccccc1)C(=O)NCCc1ccc(OC)c(OC)c1)C2=O. The summed E-state index contributed by atoms with van der Waals surface area (Å²) in [4.78, 5) is 45.1. The number of carbonyl (C=O) groups is 3. The van der Waals surface area contributed by atoms with Gasteiger partial charge in [-0.3, -0.25) is 14.5 Å². The van der Waals surface area contributed by atoms with Crippen LogP contribution >= 0.6 is 0 Å². The van der Waals surface area contributed by atoms with E-state index in [1.807, 2.05) is 110 Å². The van der Waals surface area contributed by atoms with Gasteiger partial charge in [-0.2, -0.15) is 0 Å². The van der Waals surface area contributed by atoms with Gasteiger partial charge in [0, 0.05) is 19.5 Å². The minimum atomic E-state index is -0.812. The molecule has 2 aliphatic rings. The maximum Gasteiger partial charge on any atom is 0.322 e. The van der Waals surface area contributed by atoms with E-state index in [1.165, 1.54) is 0 Å². The fourth-order valence-corrected chi connectivity index (χ4v) is 6.40. The molecule has 0 aliphatic carbocycles. The minimum absolute atomic E-state index is 0.132. The average Bonchev–Trinajstić information content (AvgIpc) is 3.47. The first-order valence-electron chi connectivity index (χ1n) is 16.4. The molecule has 10 nitrogen and oxygen atoms in total. The molecule has 0 radical (unpaired) electrons. The Morgan fingerprint density at radius 3 is 2.29 bits per heavy atom. The monoisotopic (exact) mass is 660 g/mol. The van der Waals surface area contributed by atoms with Crippen LogP contribution < -0.4 is 24.8 Å². The lowest BCUT2D eigenvalue weighted by molar-refractivity contribution is -0.136. The normalized spacial score (nSPS) is 16.2. The van der Waals surface area contributed by atoms with E-state index in [0.717, 1.165) is 11.1 Å². The van der Waals surface area contributed by atoms with Crippen molar-refractivity contribution in [2.24, 2.45) is 0 Å². The number of hydrogen-bond donors (Lipinski definition) is 2. The van der Waals surface area contributed by atoms with Crippen LogP contribution in [0.2, 0.25) is 0 Å². The van der Waals surface area contributed by atoms with Gasteiger partial charge in [0.15, 0.2) is 11.5 Å². The first-order valence-corrected chi connectivity index (χ1v) is 16.4. The molecule has 0 saturated carbocycles. The molecular weight excluding hydrogens is 620 g/mol. The maximum atomic E-state index is 14.5. The third-order valence-corrected chi connectivity index (χ3v) is 8.85. The molecule has 4 aromatic carbocycles. The number of para-hydroxylation sites is 1. The maximum absolute atomic E-state index is 14.5. The molecule has 0 bridgehead atoms. The number of rotatable bonds is 13. The van der Waals surface area contributed by atoms with Gasteiger partial charge in [0.25, 0.3) is 5.91 Å². The average molecular weight is 661 g/mol. The summed E-state index contributed by atoms with van der Waals surface area (Å²) in [5, 5.41) is 6.11. The number of hydrogen-bond acceptors (Lipinski definition) is 6. The first-order chi connectivity index (χ1) is 23.9. The van der Waals surface area contributed by atoms with Gasteiger partial charge in [0.1, 0.15) is 17.5 Å². The molecule has 2 unspecified atom stereocenters. The van der Waals surface area contributed by atoms with Crippen molar-refractivity contribution in [2.75, 3.05) is 33.9 Å². The summed E-state index contributed by atoms with van der Waals surface area (Å²) in [6, 6.07) is 30.3. The van der Waals surface area contributed by atoms with Crippen LogP contribution in [0.15, 0.2) is 114 Å². The lowest BCUT2D eigenvalue weighted by atomic mass is 9.95. The highest BCUT2D eigenvalue weighted by Gasteiger charge is 2.46. The molecule has 2 aliphatic heterocycles. The van der Waals surface area contributed by atoms with E-state index in [-0.39, 0.29) is 24.4 Å². The third kappa shape index (κ3) is 7.23. The second kappa shape index (κ2) is 15.0. The Hall–Kier alpha value is -5.77. The zero-order valence-electron chi connectivity index (χ0n) is 27.8. The van der Waals surface area contributed by atoms with Gasteiger partial charge in [-0.1, -0.05) is 66.7 Å². The fourth-order valence-electron chi connectivity index (χ4n) is 6.40. The van der Waals surface area contributed by atoms with Crippen LogP contribution in [0.3, 0.4) is 0 Å². The Labute approximate surface area is 286 Å². The molecule has 0 fully saturated rings. The summed E-state index contributed by atoms with van der Waals surface area (Å²) in [5.74, 6) is 1.94. The van der Waals surface area contributed by atoms with Crippen molar-refractivity contribution in [3.63, 3.8) is 0 Å². The molecule has 4 aromatic rings. The molecule has 2 heterocycles. The minimum Gasteiger partial charge on any atom is -0.493 e. The van der Waals surface area contributed by atoms with Crippen LogP contribution in [0.25, 0.3) is 0 Å². The van der Waals surface area contributed by atoms with Gasteiger partial charge < -0.3 is 29.7 Å². The van der Waals surface area contributed by atoms with E-state index in [0.29, 0.717) is 65.8 Å². The summed E-state index contributed by atoms with van der Waals surface area (Å²) in [5.41, 5.74) is 3.65. The molecule has 0 saturated heterocycles. The molecule has 49 heavy (non-hydrogen) atoms. The highest BCUT2D eigenvalue weighted by atomic mass is 16.5. The van der Waals surface area contributed by atoms with E-state index in [1.54, 1.807) is 24.0 Å². The van der Waals surface area contributed by atoms with Crippen molar-refractivity contribution >= 4 is 17.8 Å². The molecule has 2 N–H and O–H groups in total. The number of methoxy groups -OCH3 is 2. The summed E-state index contributed by atoms with van der Waals surface area (Å²) in [6.45, 7) is 2.73. The standard InChI is InChI=1S/C39H40N4O6/c1-4-42-32-25-43(38(45)35(32)36(41-39(42)46)28-14-11-17-30(24-28)49-29-15-9-6-10-16-29)31(22-26-12-7-5-8-13-26)37(44)40-21-20-27-18-19-33(47-2)34(23-27)48-3/h5-19,23-24,31,36H,4,20-22,25H2,1-3H3,(H,40,44)(H,41,46). The number of nitrogens with one attached hydrogen (secondary N) is 2. The van der Waals surface area contributed by atoms with E-state index in [4.69, 9.17) is 14.2 Å². The van der Waals surface area contributed by atoms with Gasteiger partial charge in [-0.05, 0) is 66.4 Å². The summed E-state index contributed by atoms with van der Waals surface area (Å²) < 4.78 is 16.8. The van der Waals surface area contributed by atoms with Gasteiger partial charge in [-0.25, -0.2) is 4.79 Å². The zero-order valence-corrected chi connectivity index (χ0v) is 27.8. The molecule has 4 amide bonds. The van der Waals surface area contributed by atoms with Crippen molar-refractivity contribution in [1.82, 2.24) is 20.4 Å². The smallest absolute Gasteiger partial charge is 0.322 e. The van der Waals surface area contributed by atoms with Gasteiger partial charge in [-0.15, -0.1) is 0 Å². The van der Waals surface area contributed by atoms with Gasteiger partial charge >= 0.3 is 6.03 Å². The summed E-state index contributed by atoms with van der Waals surface area (Å²) in [7, 11) is 3.17. The van der Waals surface area contributed by atoms with Crippen molar-refractivity contribution in [2.45, 2.75) is 31.8 Å². The van der Waals surface area contributed by atoms with E-state index in [2.05, 4.69) is 10.6 Å². The van der Waals surface area contributed by atoms with Crippen molar-refractivity contribution in [1.29, 1.82) is 0 Å². The number of urea groups is 1. The van der Waals surface area contributed by atoms with E-state index < -0.39 is 12.1 Å². The molecule has 10 heteroatoms. The predicted molar refractivity (Wildman–Crippen MR) is 186 cm³/mol. The number of amides is 4. The highest BCUT2D eigenvalue weighted by Crippen LogP contribution is 2.38. The topological polar surface area (TPSA) is 109 Å². The van der Waals surface area contributed by atoms with Crippen LogP contribution in [0, 0.1) is 0 Å². The number of ether oxygens (including phenoxy) is 3. The zero-order chi connectivity index (χ0) is 34.3. The summed E-state index contributed by atoms with van der Waals surface area (Å²) >= 11 is 0. The summed E-state index contributed by atoms with van der Waals surface area (Å²) in [6.07, 6.45) is 0.867.